The first kappa shape index (κ1) is 15.6. The van der Waals surface area contributed by atoms with E-state index in [-0.39, 0.29) is 11.4 Å². The SMILES string of the molecule is CCC(CC)(CN)NC(=O)c1cnc(-c2ccccn2)s1. The quantitative estimate of drug-likeness (QED) is 0.859. The summed E-state index contributed by atoms with van der Waals surface area (Å²) in [6.07, 6.45) is 4.91. The number of amides is 1. The summed E-state index contributed by atoms with van der Waals surface area (Å²) in [5, 5.41) is 3.79. The Bertz CT molecular complexity index is 584. The predicted octanol–water partition coefficient (Wildman–Crippen LogP) is 2.45. The first-order valence-corrected chi connectivity index (χ1v) is 7.85. The molecule has 0 unspecified atom stereocenters. The van der Waals surface area contributed by atoms with Gasteiger partial charge in [-0.15, -0.1) is 11.3 Å². The van der Waals surface area contributed by atoms with Crippen molar-refractivity contribution in [3.63, 3.8) is 0 Å². The number of carbonyl (C=O) groups excluding carboxylic acids is 1. The first-order valence-electron chi connectivity index (χ1n) is 7.04. The molecule has 0 bridgehead atoms. The molecule has 0 saturated heterocycles. The fraction of sp³-hybridized carbons (Fsp3) is 0.400. The highest BCUT2D eigenvalue weighted by Gasteiger charge is 2.27. The van der Waals surface area contributed by atoms with Gasteiger partial charge < -0.3 is 11.1 Å². The molecule has 1 amide bonds. The molecule has 0 radical (unpaired) electrons. The zero-order valence-electron chi connectivity index (χ0n) is 12.3. The van der Waals surface area contributed by atoms with Crippen LogP contribution in [-0.4, -0.2) is 28.0 Å². The second-order valence-corrected chi connectivity index (χ2v) is 5.92. The van der Waals surface area contributed by atoms with Crippen molar-refractivity contribution in [1.82, 2.24) is 15.3 Å². The van der Waals surface area contributed by atoms with Crippen LogP contribution in [-0.2, 0) is 0 Å². The number of hydrogen-bond donors (Lipinski definition) is 2. The van der Waals surface area contributed by atoms with Crippen molar-refractivity contribution < 1.29 is 4.79 Å². The maximum atomic E-state index is 12.4. The van der Waals surface area contributed by atoms with E-state index in [2.05, 4.69) is 15.3 Å². The number of carbonyl (C=O) groups is 1. The van der Waals surface area contributed by atoms with Gasteiger partial charge >= 0.3 is 0 Å². The van der Waals surface area contributed by atoms with E-state index in [9.17, 15) is 4.79 Å². The predicted molar refractivity (Wildman–Crippen MR) is 85.2 cm³/mol. The van der Waals surface area contributed by atoms with Crippen LogP contribution in [0.5, 0.6) is 0 Å². The van der Waals surface area contributed by atoms with E-state index in [4.69, 9.17) is 5.73 Å². The Hall–Kier alpha value is -1.79. The van der Waals surface area contributed by atoms with Gasteiger partial charge in [0.1, 0.15) is 9.88 Å². The number of pyridine rings is 1. The molecule has 2 heterocycles. The van der Waals surface area contributed by atoms with Gasteiger partial charge in [0.15, 0.2) is 0 Å². The highest BCUT2D eigenvalue weighted by molar-refractivity contribution is 7.16. The van der Waals surface area contributed by atoms with Gasteiger partial charge in [0.05, 0.1) is 17.4 Å². The van der Waals surface area contributed by atoms with Gasteiger partial charge in [0.2, 0.25) is 0 Å². The van der Waals surface area contributed by atoms with Crippen molar-refractivity contribution in [2.45, 2.75) is 32.2 Å². The average Bonchev–Trinajstić information content (AvgIpc) is 3.04. The maximum Gasteiger partial charge on any atom is 0.263 e. The Morgan fingerprint density at radius 2 is 2.10 bits per heavy atom. The summed E-state index contributed by atoms with van der Waals surface area (Å²) in [4.78, 5) is 21.5. The zero-order valence-corrected chi connectivity index (χ0v) is 13.1. The van der Waals surface area contributed by atoms with Crippen molar-refractivity contribution in [3.8, 4) is 10.7 Å². The van der Waals surface area contributed by atoms with Crippen LogP contribution in [0.2, 0.25) is 0 Å². The number of aromatic nitrogens is 2. The minimum Gasteiger partial charge on any atom is -0.345 e. The fourth-order valence-electron chi connectivity index (χ4n) is 2.06. The number of nitrogens with zero attached hydrogens (tertiary/aromatic N) is 2. The van der Waals surface area contributed by atoms with Crippen LogP contribution in [0.15, 0.2) is 30.6 Å². The molecule has 112 valence electrons. The van der Waals surface area contributed by atoms with Gasteiger partial charge in [-0.25, -0.2) is 4.98 Å². The largest absolute Gasteiger partial charge is 0.345 e. The summed E-state index contributed by atoms with van der Waals surface area (Å²) in [5.74, 6) is -0.121. The maximum absolute atomic E-state index is 12.4. The molecule has 0 saturated carbocycles. The summed E-state index contributed by atoms with van der Waals surface area (Å²) in [5.41, 5.74) is 6.25. The molecule has 2 aromatic heterocycles. The Kier molecular flexibility index (Phi) is 5.03. The molecule has 0 aliphatic carbocycles. The molecular formula is C15H20N4OS. The monoisotopic (exact) mass is 304 g/mol. The van der Waals surface area contributed by atoms with E-state index in [1.807, 2.05) is 32.0 Å². The summed E-state index contributed by atoms with van der Waals surface area (Å²) < 4.78 is 0. The minimum atomic E-state index is -0.341. The summed E-state index contributed by atoms with van der Waals surface area (Å²) in [6, 6.07) is 5.63. The molecule has 0 fully saturated rings. The van der Waals surface area contributed by atoms with Crippen LogP contribution in [0, 0.1) is 0 Å². The molecule has 3 N–H and O–H groups in total. The van der Waals surface area contributed by atoms with E-state index in [0.29, 0.717) is 11.4 Å². The first-order chi connectivity index (χ1) is 10.1. The topological polar surface area (TPSA) is 80.9 Å². The lowest BCUT2D eigenvalue weighted by Crippen LogP contribution is -2.52. The van der Waals surface area contributed by atoms with Gasteiger partial charge in [-0.2, -0.15) is 0 Å². The summed E-state index contributed by atoms with van der Waals surface area (Å²) >= 11 is 1.34. The van der Waals surface area contributed by atoms with Gasteiger partial charge in [-0.3, -0.25) is 9.78 Å². The molecular weight excluding hydrogens is 284 g/mol. The van der Waals surface area contributed by atoms with Crippen LogP contribution in [0.25, 0.3) is 10.7 Å². The third-order valence-electron chi connectivity index (χ3n) is 3.74. The van der Waals surface area contributed by atoms with Crippen molar-refractivity contribution >= 4 is 17.2 Å². The standard InChI is InChI=1S/C15H20N4OS/c1-3-15(4-2,10-16)19-13(20)12-9-18-14(21-12)11-7-5-6-8-17-11/h5-9H,3-4,10,16H2,1-2H3,(H,19,20). The highest BCUT2D eigenvalue weighted by Crippen LogP contribution is 2.24. The third-order valence-corrected chi connectivity index (χ3v) is 4.76. The molecule has 0 aromatic carbocycles. The molecule has 5 nitrogen and oxygen atoms in total. The van der Waals surface area contributed by atoms with Crippen molar-refractivity contribution in [1.29, 1.82) is 0 Å². The minimum absolute atomic E-state index is 0.121. The molecule has 2 aromatic rings. The number of nitrogens with one attached hydrogen (secondary N) is 1. The van der Waals surface area contributed by atoms with Gasteiger partial charge in [0, 0.05) is 12.7 Å². The van der Waals surface area contributed by atoms with E-state index in [0.717, 1.165) is 23.5 Å². The van der Waals surface area contributed by atoms with Crippen LogP contribution in [0.4, 0.5) is 0 Å². The Morgan fingerprint density at radius 3 is 2.67 bits per heavy atom. The highest BCUT2D eigenvalue weighted by atomic mass is 32.1. The van der Waals surface area contributed by atoms with E-state index in [1.54, 1.807) is 12.4 Å². The number of rotatable bonds is 6. The van der Waals surface area contributed by atoms with E-state index < -0.39 is 0 Å². The molecule has 0 atom stereocenters. The number of thiazole rings is 1. The lowest BCUT2D eigenvalue weighted by atomic mass is 9.93. The van der Waals surface area contributed by atoms with E-state index >= 15 is 0 Å². The van der Waals surface area contributed by atoms with E-state index in [1.165, 1.54) is 11.3 Å². The zero-order chi connectivity index (χ0) is 15.3. The summed E-state index contributed by atoms with van der Waals surface area (Å²) in [6.45, 7) is 4.49. The Labute approximate surface area is 128 Å². The molecule has 0 aliphatic heterocycles. The Morgan fingerprint density at radius 1 is 1.33 bits per heavy atom. The van der Waals surface area contributed by atoms with Crippen molar-refractivity contribution in [2.24, 2.45) is 5.73 Å². The van der Waals surface area contributed by atoms with Crippen molar-refractivity contribution in [3.05, 3.63) is 35.5 Å². The lowest BCUT2D eigenvalue weighted by Gasteiger charge is -2.31. The molecule has 0 spiro atoms. The van der Waals surface area contributed by atoms with Crippen LogP contribution in [0.1, 0.15) is 36.4 Å². The van der Waals surface area contributed by atoms with Gasteiger partial charge in [0.25, 0.3) is 5.91 Å². The fourth-order valence-corrected chi connectivity index (χ4v) is 2.84. The van der Waals surface area contributed by atoms with Crippen LogP contribution in [0.3, 0.4) is 0 Å². The second kappa shape index (κ2) is 6.78. The third kappa shape index (κ3) is 3.46. The van der Waals surface area contributed by atoms with Gasteiger partial charge in [-0.1, -0.05) is 19.9 Å². The van der Waals surface area contributed by atoms with Crippen molar-refractivity contribution in [2.75, 3.05) is 6.54 Å². The number of hydrogen-bond acceptors (Lipinski definition) is 5. The molecule has 2 rings (SSSR count). The number of nitrogens with two attached hydrogens (primary N) is 1. The van der Waals surface area contributed by atoms with Crippen LogP contribution >= 0.6 is 11.3 Å². The second-order valence-electron chi connectivity index (χ2n) is 4.89. The smallest absolute Gasteiger partial charge is 0.263 e. The molecule has 6 heteroatoms. The normalized spacial score (nSPS) is 11.4. The Balaban J connectivity index is 2.16. The summed E-state index contributed by atoms with van der Waals surface area (Å²) in [7, 11) is 0. The average molecular weight is 304 g/mol. The molecule has 0 aliphatic rings. The lowest BCUT2D eigenvalue weighted by molar-refractivity contribution is 0.0899. The molecule has 21 heavy (non-hydrogen) atoms. The van der Waals surface area contributed by atoms with Crippen LogP contribution < -0.4 is 11.1 Å². The van der Waals surface area contributed by atoms with Gasteiger partial charge in [-0.05, 0) is 25.0 Å².